The van der Waals surface area contributed by atoms with Gasteiger partial charge in [-0.05, 0) is 67.1 Å². The molecule has 1 aliphatic carbocycles. The maximum Gasteiger partial charge on any atom is 0.344 e. The molecule has 0 radical (unpaired) electrons. The second-order valence-electron chi connectivity index (χ2n) is 14.0. The van der Waals surface area contributed by atoms with E-state index in [1.54, 1.807) is 6.07 Å². The number of aromatic nitrogens is 3. The highest BCUT2D eigenvalue weighted by Crippen LogP contribution is 2.41. The fraction of sp³-hybridized carbons (Fsp3) is 0.366. The van der Waals surface area contributed by atoms with Crippen LogP contribution in [0, 0.1) is 12.7 Å². The molecule has 2 fully saturated rings. The van der Waals surface area contributed by atoms with Gasteiger partial charge in [-0.15, -0.1) is 0 Å². The first kappa shape index (κ1) is 36.8. The summed E-state index contributed by atoms with van der Waals surface area (Å²) in [6.45, 7) is 8.01. The zero-order valence-electron chi connectivity index (χ0n) is 30.6. The zero-order valence-corrected chi connectivity index (χ0v) is 30.6. The molecule has 1 aliphatic heterocycles. The molecule has 7 rings (SSSR count). The molecular weight excluding hydrogens is 691 g/mol. The van der Waals surface area contributed by atoms with Gasteiger partial charge in [0.05, 0.1) is 31.0 Å². The van der Waals surface area contributed by atoms with E-state index in [4.69, 9.17) is 9.47 Å². The molecule has 0 spiro atoms. The molecule has 0 unspecified atom stereocenters. The van der Waals surface area contributed by atoms with Gasteiger partial charge in [-0.2, -0.15) is 0 Å². The zero-order chi connectivity index (χ0) is 37.8. The predicted octanol–water partition coefficient (Wildman–Crippen LogP) is 5.20. The van der Waals surface area contributed by atoms with Crippen molar-refractivity contribution in [1.29, 1.82) is 0 Å². The number of nitrogens with one attached hydrogen (secondary N) is 3. The van der Waals surface area contributed by atoms with Crippen LogP contribution in [-0.2, 0) is 29.0 Å². The first-order valence-electron chi connectivity index (χ1n) is 18.5. The third-order valence-electron chi connectivity index (χ3n) is 10.3. The number of pyridine rings is 1. The number of anilines is 3. The average molecular weight is 737 g/mol. The van der Waals surface area contributed by atoms with Crippen LogP contribution < -0.4 is 26.9 Å². The SMILES string of the molecule is CCc1cc(Nc2cc(=O)n(CCOCCN3CCN(c4cc5[nH]c(C6CC6)c(C(=O)OCc6ccccc6)c(=O)c5cc4F)CC3)c(=O)[nH]2)ccc1C. The fourth-order valence-corrected chi connectivity index (χ4v) is 6.99. The first-order valence-corrected chi connectivity index (χ1v) is 18.5. The molecular formula is C41H45FN6O6. The molecule has 0 atom stereocenters. The number of fused-ring (bicyclic) bond motifs is 1. The number of esters is 1. The highest BCUT2D eigenvalue weighted by atomic mass is 19.1. The van der Waals surface area contributed by atoms with Crippen LogP contribution in [0.5, 0.6) is 0 Å². The second kappa shape index (κ2) is 16.2. The third kappa shape index (κ3) is 8.32. The summed E-state index contributed by atoms with van der Waals surface area (Å²) in [5, 5.41) is 3.24. The number of halogens is 1. The Morgan fingerprint density at radius 1 is 0.926 bits per heavy atom. The lowest BCUT2D eigenvalue weighted by molar-refractivity contribution is 0.0469. The summed E-state index contributed by atoms with van der Waals surface area (Å²) < 4.78 is 28.0. The smallest absolute Gasteiger partial charge is 0.344 e. The maximum atomic E-state index is 15.6. The molecule has 0 bridgehead atoms. The molecule has 3 N–H and O–H groups in total. The van der Waals surface area contributed by atoms with Crippen molar-refractivity contribution in [2.75, 3.05) is 56.2 Å². The van der Waals surface area contributed by atoms with Crippen molar-refractivity contribution in [3.8, 4) is 0 Å². The van der Waals surface area contributed by atoms with E-state index in [-0.39, 0.29) is 36.6 Å². The van der Waals surface area contributed by atoms with E-state index in [2.05, 4.69) is 27.1 Å². The number of aryl methyl sites for hydroxylation is 2. The Morgan fingerprint density at radius 2 is 1.69 bits per heavy atom. The van der Waals surface area contributed by atoms with Gasteiger partial charge in [0.25, 0.3) is 5.56 Å². The highest BCUT2D eigenvalue weighted by molar-refractivity contribution is 5.96. The van der Waals surface area contributed by atoms with E-state index in [9.17, 15) is 19.2 Å². The van der Waals surface area contributed by atoms with Gasteiger partial charge in [0.15, 0.2) is 0 Å². The van der Waals surface area contributed by atoms with Crippen molar-refractivity contribution >= 4 is 34.1 Å². The van der Waals surface area contributed by atoms with Crippen molar-refractivity contribution in [2.45, 2.75) is 52.2 Å². The van der Waals surface area contributed by atoms with E-state index < -0.39 is 28.5 Å². The molecule has 2 aliphatic rings. The molecule has 3 aromatic carbocycles. The number of carbonyl (C=O) groups excluding carboxylic acids is 1. The maximum absolute atomic E-state index is 15.6. The Bertz CT molecular complexity index is 2290. The van der Waals surface area contributed by atoms with Crippen molar-refractivity contribution in [1.82, 2.24) is 19.4 Å². The van der Waals surface area contributed by atoms with Crippen LogP contribution in [0.4, 0.5) is 21.6 Å². The van der Waals surface area contributed by atoms with Crippen LogP contribution in [-0.4, -0.2) is 71.3 Å². The molecule has 3 heterocycles. The summed E-state index contributed by atoms with van der Waals surface area (Å²) in [6, 6.07) is 19.4. The number of rotatable bonds is 14. The monoisotopic (exact) mass is 736 g/mol. The topological polar surface area (TPSA) is 142 Å². The van der Waals surface area contributed by atoms with E-state index in [0.29, 0.717) is 62.0 Å². The average Bonchev–Trinajstić information content (AvgIpc) is 4.02. The van der Waals surface area contributed by atoms with Crippen molar-refractivity contribution in [3.05, 3.63) is 132 Å². The van der Waals surface area contributed by atoms with Gasteiger partial charge in [0, 0.05) is 61.5 Å². The van der Waals surface area contributed by atoms with E-state index >= 15 is 4.39 Å². The van der Waals surface area contributed by atoms with E-state index in [0.717, 1.165) is 35.1 Å². The lowest BCUT2D eigenvalue weighted by Gasteiger charge is -2.36. The number of benzene rings is 3. The summed E-state index contributed by atoms with van der Waals surface area (Å²) in [6.07, 6.45) is 2.60. The number of nitrogens with zero attached hydrogens (tertiary/aromatic N) is 3. The summed E-state index contributed by atoms with van der Waals surface area (Å²) >= 11 is 0. The minimum absolute atomic E-state index is 0.0389. The standard InChI is InChI=1S/C41H45FN6O6/c1-3-28-21-30(12-9-26(28)2)43-35-24-36(49)48(41(52)45-35)18-20-53-19-17-46-13-15-47(16-14-46)34-23-33-31(22-32(34)42)39(50)37(38(44-33)29-10-11-29)40(51)54-25-27-7-5-4-6-8-27/h4-9,12,21-24,29,43H,3,10-11,13-20,25H2,1-2H3,(H,44,50)(H,45,52). The Hall–Kier alpha value is -5.53. The number of H-pyrrole nitrogens is 2. The molecule has 1 saturated heterocycles. The highest BCUT2D eigenvalue weighted by Gasteiger charge is 2.33. The number of carbonyl (C=O) groups is 1. The normalized spacial score (nSPS) is 14.8. The van der Waals surface area contributed by atoms with Gasteiger partial charge in [-0.3, -0.25) is 24.0 Å². The minimum atomic E-state index is -0.706. The van der Waals surface area contributed by atoms with E-state index in [1.807, 2.05) is 60.4 Å². The van der Waals surface area contributed by atoms with Crippen molar-refractivity contribution in [3.63, 3.8) is 0 Å². The number of piperazine rings is 1. The van der Waals surface area contributed by atoms with Gasteiger partial charge in [0.1, 0.15) is 23.8 Å². The Balaban J connectivity index is 0.913. The second-order valence-corrected chi connectivity index (χ2v) is 14.0. The molecule has 0 amide bonds. The van der Waals surface area contributed by atoms with Gasteiger partial charge < -0.3 is 24.7 Å². The van der Waals surface area contributed by atoms with Crippen LogP contribution in [0.25, 0.3) is 10.9 Å². The van der Waals surface area contributed by atoms with Gasteiger partial charge in [-0.1, -0.05) is 43.3 Å². The van der Waals surface area contributed by atoms with Crippen LogP contribution in [0.3, 0.4) is 0 Å². The summed E-state index contributed by atoms with van der Waals surface area (Å²) in [5.74, 6) is -0.841. The lowest BCUT2D eigenvalue weighted by atomic mass is 10.0. The van der Waals surface area contributed by atoms with Gasteiger partial charge in [0.2, 0.25) is 5.43 Å². The fourth-order valence-electron chi connectivity index (χ4n) is 6.99. The summed E-state index contributed by atoms with van der Waals surface area (Å²) in [7, 11) is 0. The molecule has 2 aromatic heterocycles. The summed E-state index contributed by atoms with van der Waals surface area (Å²) in [4.78, 5) is 62.4. The quantitative estimate of drug-likeness (QED) is 0.104. The number of aromatic amines is 2. The molecule has 54 heavy (non-hydrogen) atoms. The van der Waals surface area contributed by atoms with Gasteiger partial charge in [-0.25, -0.2) is 14.0 Å². The number of hydrogen-bond donors (Lipinski definition) is 3. The molecule has 282 valence electrons. The molecule has 13 heteroatoms. The lowest BCUT2D eigenvalue weighted by Crippen LogP contribution is -2.47. The largest absolute Gasteiger partial charge is 0.457 e. The van der Waals surface area contributed by atoms with Crippen molar-refractivity contribution in [2.24, 2.45) is 0 Å². The molecule has 5 aromatic rings. The van der Waals surface area contributed by atoms with Crippen molar-refractivity contribution < 1.29 is 18.7 Å². The number of hydrogen-bond acceptors (Lipinski definition) is 9. The summed E-state index contributed by atoms with van der Waals surface area (Å²) in [5.41, 5.74) is 3.93. The van der Waals surface area contributed by atoms with Crippen LogP contribution in [0.1, 0.15) is 58.4 Å². The minimum Gasteiger partial charge on any atom is -0.457 e. The predicted molar refractivity (Wildman–Crippen MR) is 207 cm³/mol. The van der Waals surface area contributed by atoms with Crippen LogP contribution in [0.2, 0.25) is 0 Å². The Morgan fingerprint density at radius 3 is 2.41 bits per heavy atom. The Labute approximate surface area is 311 Å². The molecule has 1 saturated carbocycles. The van der Waals surface area contributed by atoms with Crippen LogP contribution >= 0.6 is 0 Å². The Kier molecular flexibility index (Phi) is 11.1. The van der Waals surface area contributed by atoms with E-state index in [1.165, 1.54) is 23.3 Å². The first-order chi connectivity index (χ1) is 26.2. The van der Waals surface area contributed by atoms with Crippen LogP contribution in [0.15, 0.2) is 81.1 Å². The molecule has 12 nitrogen and oxygen atoms in total. The van der Waals surface area contributed by atoms with Gasteiger partial charge >= 0.3 is 11.7 Å². The third-order valence-corrected chi connectivity index (χ3v) is 10.3. The number of ether oxygens (including phenoxy) is 2.